The van der Waals surface area contributed by atoms with Gasteiger partial charge >= 0.3 is 0 Å². The molecule has 0 saturated heterocycles. The van der Waals surface area contributed by atoms with E-state index in [2.05, 4.69) is 10.3 Å². The molecule has 4 nitrogen and oxygen atoms in total. The summed E-state index contributed by atoms with van der Waals surface area (Å²) in [5.41, 5.74) is 2.68. The fourth-order valence-electron chi connectivity index (χ4n) is 1.29. The monoisotopic (exact) mass is 266 g/mol. The standard InChI is InChI=1S/C11H10N2O2S2/c1-16-10-4-7(14)2-3-8(10)13-11(15)9-5-17-6-12-9/h2-6,14H,1H3,(H,13,15). The Morgan fingerprint density at radius 3 is 3.00 bits per heavy atom. The molecule has 0 aliphatic carbocycles. The van der Waals surface area contributed by atoms with E-state index >= 15 is 0 Å². The van der Waals surface area contributed by atoms with Gasteiger partial charge < -0.3 is 10.4 Å². The Hall–Kier alpha value is -1.53. The minimum Gasteiger partial charge on any atom is -0.508 e. The van der Waals surface area contributed by atoms with Crippen LogP contribution in [0.4, 0.5) is 5.69 Å². The fraction of sp³-hybridized carbons (Fsp3) is 0.0909. The van der Waals surface area contributed by atoms with Crippen molar-refractivity contribution in [2.24, 2.45) is 0 Å². The van der Waals surface area contributed by atoms with Crippen molar-refractivity contribution in [3.8, 4) is 5.75 Å². The summed E-state index contributed by atoms with van der Waals surface area (Å²) in [5.74, 6) is -0.0618. The maximum absolute atomic E-state index is 11.8. The molecule has 1 heterocycles. The lowest BCUT2D eigenvalue weighted by molar-refractivity contribution is 0.102. The van der Waals surface area contributed by atoms with Gasteiger partial charge in [0.15, 0.2) is 0 Å². The van der Waals surface area contributed by atoms with Gasteiger partial charge in [-0.2, -0.15) is 0 Å². The number of hydrogen-bond donors (Lipinski definition) is 2. The first kappa shape index (κ1) is 11.9. The smallest absolute Gasteiger partial charge is 0.275 e. The summed E-state index contributed by atoms with van der Waals surface area (Å²) in [6.07, 6.45) is 1.88. The normalized spacial score (nSPS) is 10.2. The molecular weight excluding hydrogens is 256 g/mol. The number of carbonyl (C=O) groups is 1. The van der Waals surface area contributed by atoms with Gasteiger partial charge in [-0.15, -0.1) is 23.1 Å². The van der Waals surface area contributed by atoms with Crippen LogP contribution in [0.25, 0.3) is 0 Å². The zero-order valence-corrected chi connectivity index (χ0v) is 10.6. The lowest BCUT2D eigenvalue weighted by atomic mass is 10.3. The third-order valence-corrected chi connectivity index (χ3v) is 3.46. The number of rotatable bonds is 3. The van der Waals surface area contributed by atoms with Crippen LogP contribution in [0, 0.1) is 0 Å². The lowest BCUT2D eigenvalue weighted by Gasteiger charge is -2.08. The van der Waals surface area contributed by atoms with E-state index < -0.39 is 0 Å². The van der Waals surface area contributed by atoms with Gasteiger partial charge in [0.05, 0.1) is 11.2 Å². The van der Waals surface area contributed by atoms with E-state index in [9.17, 15) is 9.90 Å². The molecule has 0 spiro atoms. The minimum atomic E-state index is -0.243. The summed E-state index contributed by atoms with van der Waals surface area (Å²) in [7, 11) is 0. The van der Waals surface area contributed by atoms with Crippen LogP contribution < -0.4 is 5.32 Å². The molecule has 0 atom stereocenters. The number of anilines is 1. The Balaban J connectivity index is 2.21. The summed E-state index contributed by atoms with van der Waals surface area (Å²) in [5, 5.41) is 13.8. The van der Waals surface area contributed by atoms with Gasteiger partial charge in [-0.25, -0.2) is 4.98 Å². The van der Waals surface area contributed by atoms with E-state index in [0.29, 0.717) is 11.4 Å². The summed E-state index contributed by atoms with van der Waals surface area (Å²) in [6, 6.07) is 4.82. The van der Waals surface area contributed by atoms with Gasteiger partial charge in [-0.05, 0) is 24.5 Å². The van der Waals surface area contributed by atoms with E-state index in [1.165, 1.54) is 29.2 Å². The molecule has 0 radical (unpaired) electrons. The van der Waals surface area contributed by atoms with E-state index in [1.807, 2.05) is 6.26 Å². The molecule has 0 saturated carbocycles. The number of phenolic OH excluding ortho intramolecular Hbond substituents is 1. The summed E-state index contributed by atoms with van der Waals surface area (Å²) < 4.78 is 0. The number of thioether (sulfide) groups is 1. The van der Waals surface area contributed by atoms with Crippen molar-refractivity contribution in [3.63, 3.8) is 0 Å². The molecule has 88 valence electrons. The number of hydrogen-bond acceptors (Lipinski definition) is 5. The number of nitrogens with one attached hydrogen (secondary N) is 1. The first-order valence-electron chi connectivity index (χ1n) is 4.77. The highest BCUT2D eigenvalue weighted by Crippen LogP contribution is 2.29. The maximum Gasteiger partial charge on any atom is 0.275 e. The van der Waals surface area contributed by atoms with Crippen molar-refractivity contribution >= 4 is 34.7 Å². The average Bonchev–Trinajstić information content (AvgIpc) is 2.85. The molecule has 0 aliphatic heterocycles. The number of nitrogens with zero attached hydrogens (tertiary/aromatic N) is 1. The Bertz CT molecular complexity index is 526. The van der Waals surface area contributed by atoms with Gasteiger partial charge in [-0.3, -0.25) is 4.79 Å². The van der Waals surface area contributed by atoms with Crippen LogP contribution >= 0.6 is 23.1 Å². The molecule has 1 aromatic heterocycles. The van der Waals surface area contributed by atoms with Crippen molar-refractivity contribution < 1.29 is 9.90 Å². The largest absolute Gasteiger partial charge is 0.508 e. The zero-order chi connectivity index (χ0) is 12.3. The highest BCUT2D eigenvalue weighted by molar-refractivity contribution is 7.98. The van der Waals surface area contributed by atoms with Gasteiger partial charge in [-0.1, -0.05) is 0 Å². The molecule has 6 heteroatoms. The maximum atomic E-state index is 11.8. The summed E-state index contributed by atoms with van der Waals surface area (Å²) in [4.78, 5) is 16.5. The Morgan fingerprint density at radius 1 is 1.53 bits per heavy atom. The second-order valence-corrected chi connectivity index (χ2v) is 4.78. The molecule has 2 rings (SSSR count). The van der Waals surface area contributed by atoms with E-state index in [1.54, 1.807) is 23.0 Å². The van der Waals surface area contributed by atoms with Gasteiger partial charge in [0, 0.05) is 10.3 Å². The predicted octanol–water partition coefficient (Wildman–Crippen LogP) is 2.82. The van der Waals surface area contributed by atoms with Gasteiger partial charge in [0.1, 0.15) is 11.4 Å². The van der Waals surface area contributed by atoms with E-state index in [0.717, 1.165) is 4.90 Å². The molecule has 0 fully saturated rings. The molecule has 0 aliphatic rings. The zero-order valence-electron chi connectivity index (χ0n) is 9.01. The first-order valence-corrected chi connectivity index (χ1v) is 6.94. The fourth-order valence-corrected chi connectivity index (χ4v) is 2.40. The van der Waals surface area contributed by atoms with Crippen molar-refractivity contribution in [2.45, 2.75) is 4.90 Å². The van der Waals surface area contributed by atoms with Crippen LogP contribution in [0.2, 0.25) is 0 Å². The molecule has 17 heavy (non-hydrogen) atoms. The van der Waals surface area contributed by atoms with Crippen molar-refractivity contribution in [1.29, 1.82) is 0 Å². The highest BCUT2D eigenvalue weighted by Gasteiger charge is 2.10. The van der Waals surface area contributed by atoms with Gasteiger partial charge in [0.2, 0.25) is 0 Å². The molecule has 0 unspecified atom stereocenters. The third kappa shape index (κ3) is 2.78. The molecule has 2 aromatic rings. The van der Waals surface area contributed by atoms with Gasteiger partial charge in [0.25, 0.3) is 5.91 Å². The van der Waals surface area contributed by atoms with Crippen molar-refractivity contribution in [3.05, 3.63) is 34.8 Å². The number of aromatic hydroxyl groups is 1. The molecular formula is C11H10N2O2S2. The quantitative estimate of drug-likeness (QED) is 0.662. The van der Waals surface area contributed by atoms with E-state index in [-0.39, 0.29) is 11.7 Å². The Labute approximate surface area is 107 Å². The van der Waals surface area contributed by atoms with Crippen LogP contribution in [-0.4, -0.2) is 22.3 Å². The molecule has 1 amide bonds. The number of phenols is 1. The van der Waals surface area contributed by atoms with E-state index in [4.69, 9.17) is 0 Å². The predicted molar refractivity (Wildman–Crippen MR) is 70.0 cm³/mol. The van der Waals surface area contributed by atoms with Crippen molar-refractivity contribution in [1.82, 2.24) is 4.98 Å². The lowest BCUT2D eigenvalue weighted by Crippen LogP contribution is -2.12. The number of amides is 1. The average molecular weight is 266 g/mol. The first-order chi connectivity index (χ1) is 8.20. The minimum absolute atomic E-state index is 0.181. The molecule has 1 aromatic carbocycles. The van der Waals surface area contributed by atoms with Crippen LogP contribution in [0.3, 0.4) is 0 Å². The number of thiazole rings is 1. The number of benzene rings is 1. The number of carbonyl (C=O) groups excluding carboxylic acids is 1. The van der Waals surface area contributed by atoms with Crippen LogP contribution in [0.5, 0.6) is 5.75 Å². The Kier molecular flexibility index (Phi) is 3.65. The van der Waals surface area contributed by atoms with Crippen LogP contribution in [-0.2, 0) is 0 Å². The van der Waals surface area contributed by atoms with Crippen LogP contribution in [0.1, 0.15) is 10.5 Å². The second-order valence-electron chi connectivity index (χ2n) is 3.21. The second kappa shape index (κ2) is 5.20. The van der Waals surface area contributed by atoms with Crippen LogP contribution in [0.15, 0.2) is 34.0 Å². The molecule has 2 N–H and O–H groups in total. The van der Waals surface area contributed by atoms with Crippen molar-refractivity contribution in [2.75, 3.05) is 11.6 Å². The topological polar surface area (TPSA) is 62.2 Å². The number of aromatic nitrogens is 1. The Morgan fingerprint density at radius 2 is 2.35 bits per heavy atom. The highest BCUT2D eigenvalue weighted by atomic mass is 32.2. The summed E-state index contributed by atoms with van der Waals surface area (Å²) in [6.45, 7) is 0. The molecule has 0 bridgehead atoms. The summed E-state index contributed by atoms with van der Waals surface area (Å²) >= 11 is 2.83. The third-order valence-electron chi connectivity index (χ3n) is 2.10. The SMILES string of the molecule is CSc1cc(O)ccc1NC(=O)c1cscn1.